The number of nitrogens with zero attached hydrogens (tertiary/aromatic N) is 1. The van der Waals surface area contributed by atoms with E-state index in [0.717, 1.165) is 44.0 Å². The summed E-state index contributed by atoms with van der Waals surface area (Å²) in [5.74, 6) is 0.904. The van der Waals surface area contributed by atoms with Crippen LogP contribution in [-0.2, 0) is 6.42 Å². The molecule has 0 aliphatic carbocycles. The second-order valence-corrected chi connectivity index (χ2v) is 4.52. The highest BCUT2D eigenvalue weighted by atomic mass is 16.5. The van der Waals surface area contributed by atoms with Crippen LogP contribution in [0.25, 0.3) is 0 Å². The fraction of sp³-hybridized carbons (Fsp3) is 0.571. The van der Waals surface area contributed by atoms with E-state index in [1.807, 2.05) is 24.3 Å². The molecular weight excluding hydrogens is 228 g/mol. The van der Waals surface area contributed by atoms with Crippen LogP contribution in [0.1, 0.15) is 5.56 Å². The maximum Gasteiger partial charge on any atom is 0.122 e. The SMILES string of the molecule is OCCc1ccccc1OCCN1CCNCC1. The van der Waals surface area contributed by atoms with Gasteiger partial charge in [-0.25, -0.2) is 0 Å². The van der Waals surface area contributed by atoms with Crippen molar-refractivity contribution in [2.75, 3.05) is 45.9 Å². The number of piperazine rings is 1. The van der Waals surface area contributed by atoms with Crippen molar-refractivity contribution in [2.45, 2.75) is 6.42 Å². The van der Waals surface area contributed by atoms with Crippen molar-refractivity contribution in [2.24, 2.45) is 0 Å². The van der Waals surface area contributed by atoms with Crippen molar-refractivity contribution in [3.05, 3.63) is 29.8 Å². The van der Waals surface area contributed by atoms with E-state index in [1.54, 1.807) is 0 Å². The van der Waals surface area contributed by atoms with Gasteiger partial charge in [0.1, 0.15) is 12.4 Å². The van der Waals surface area contributed by atoms with Crippen molar-refractivity contribution in [3.63, 3.8) is 0 Å². The van der Waals surface area contributed by atoms with Crippen LogP contribution in [0.2, 0.25) is 0 Å². The van der Waals surface area contributed by atoms with Gasteiger partial charge in [0, 0.05) is 39.3 Å². The number of ether oxygens (including phenoxy) is 1. The highest BCUT2D eigenvalue weighted by molar-refractivity contribution is 5.33. The van der Waals surface area contributed by atoms with Crippen LogP contribution >= 0.6 is 0 Å². The number of benzene rings is 1. The average molecular weight is 250 g/mol. The molecule has 1 aromatic rings. The van der Waals surface area contributed by atoms with E-state index in [2.05, 4.69) is 10.2 Å². The van der Waals surface area contributed by atoms with E-state index in [9.17, 15) is 0 Å². The minimum absolute atomic E-state index is 0.165. The maximum atomic E-state index is 9.00. The highest BCUT2D eigenvalue weighted by Crippen LogP contribution is 2.18. The topological polar surface area (TPSA) is 44.7 Å². The second kappa shape index (κ2) is 7.36. The van der Waals surface area contributed by atoms with E-state index in [4.69, 9.17) is 9.84 Å². The first-order valence-electron chi connectivity index (χ1n) is 6.65. The van der Waals surface area contributed by atoms with Gasteiger partial charge in [-0.2, -0.15) is 0 Å². The Kier molecular flexibility index (Phi) is 5.45. The molecule has 2 rings (SSSR count). The first-order chi connectivity index (χ1) is 8.90. The summed E-state index contributed by atoms with van der Waals surface area (Å²) in [5.41, 5.74) is 1.08. The number of nitrogens with one attached hydrogen (secondary N) is 1. The smallest absolute Gasteiger partial charge is 0.122 e. The third kappa shape index (κ3) is 3.98. The Labute approximate surface area is 109 Å². The Morgan fingerprint density at radius 2 is 2.00 bits per heavy atom. The number of hydrogen-bond acceptors (Lipinski definition) is 4. The lowest BCUT2D eigenvalue weighted by atomic mass is 10.1. The Balaban J connectivity index is 1.78. The summed E-state index contributed by atoms with van der Waals surface area (Å²) in [6.07, 6.45) is 0.657. The fourth-order valence-corrected chi connectivity index (χ4v) is 2.19. The summed E-state index contributed by atoms with van der Waals surface area (Å²) in [7, 11) is 0. The Morgan fingerprint density at radius 3 is 2.78 bits per heavy atom. The normalized spacial score (nSPS) is 16.7. The van der Waals surface area contributed by atoms with Gasteiger partial charge in [-0.1, -0.05) is 18.2 Å². The summed E-state index contributed by atoms with van der Waals surface area (Å²) < 4.78 is 5.82. The monoisotopic (exact) mass is 250 g/mol. The third-order valence-corrected chi connectivity index (χ3v) is 3.23. The van der Waals surface area contributed by atoms with Gasteiger partial charge in [0.25, 0.3) is 0 Å². The van der Waals surface area contributed by atoms with Gasteiger partial charge in [0.15, 0.2) is 0 Å². The van der Waals surface area contributed by atoms with E-state index < -0.39 is 0 Å². The Bertz CT molecular complexity index is 351. The molecule has 0 saturated carbocycles. The Morgan fingerprint density at radius 1 is 1.22 bits per heavy atom. The predicted molar refractivity (Wildman–Crippen MR) is 72.0 cm³/mol. The molecule has 18 heavy (non-hydrogen) atoms. The number of aliphatic hydroxyl groups is 1. The van der Waals surface area contributed by atoms with Crippen LogP contribution in [0.4, 0.5) is 0 Å². The average Bonchev–Trinajstić information content (AvgIpc) is 2.42. The van der Waals surface area contributed by atoms with Crippen molar-refractivity contribution in [1.29, 1.82) is 0 Å². The zero-order chi connectivity index (χ0) is 12.6. The van der Waals surface area contributed by atoms with Crippen LogP contribution < -0.4 is 10.1 Å². The summed E-state index contributed by atoms with van der Waals surface area (Å²) >= 11 is 0. The first kappa shape index (κ1) is 13.3. The first-order valence-corrected chi connectivity index (χ1v) is 6.65. The summed E-state index contributed by atoms with van der Waals surface area (Å²) in [6.45, 7) is 6.18. The molecule has 0 radical (unpaired) electrons. The quantitative estimate of drug-likeness (QED) is 0.772. The van der Waals surface area contributed by atoms with Gasteiger partial charge in [0.2, 0.25) is 0 Å². The van der Waals surface area contributed by atoms with Gasteiger partial charge in [-0.15, -0.1) is 0 Å². The molecule has 1 saturated heterocycles. The van der Waals surface area contributed by atoms with E-state index in [0.29, 0.717) is 13.0 Å². The van der Waals surface area contributed by atoms with Crippen LogP contribution in [0.5, 0.6) is 5.75 Å². The summed E-state index contributed by atoms with van der Waals surface area (Å²) in [6, 6.07) is 7.94. The molecule has 2 N–H and O–H groups in total. The van der Waals surface area contributed by atoms with E-state index >= 15 is 0 Å². The van der Waals surface area contributed by atoms with E-state index in [-0.39, 0.29) is 6.61 Å². The molecule has 0 aromatic heterocycles. The molecule has 1 fully saturated rings. The molecule has 0 spiro atoms. The fourth-order valence-electron chi connectivity index (χ4n) is 2.19. The number of para-hydroxylation sites is 1. The third-order valence-electron chi connectivity index (χ3n) is 3.23. The molecule has 1 aliphatic heterocycles. The molecule has 1 heterocycles. The zero-order valence-corrected chi connectivity index (χ0v) is 10.8. The Hall–Kier alpha value is -1.10. The second-order valence-electron chi connectivity index (χ2n) is 4.52. The summed E-state index contributed by atoms with van der Waals surface area (Å²) in [4.78, 5) is 2.41. The molecule has 0 atom stereocenters. The van der Waals surface area contributed by atoms with Crippen LogP contribution in [0.3, 0.4) is 0 Å². The van der Waals surface area contributed by atoms with Gasteiger partial charge in [-0.3, -0.25) is 4.90 Å². The van der Waals surface area contributed by atoms with Crippen LogP contribution in [-0.4, -0.2) is 55.9 Å². The number of hydrogen-bond donors (Lipinski definition) is 2. The minimum atomic E-state index is 0.165. The molecule has 100 valence electrons. The highest BCUT2D eigenvalue weighted by Gasteiger charge is 2.09. The molecule has 1 aromatic carbocycles. The lowest BCUT2D eigenvalue weighted by Gasteiger charge is -2.27. The van der Waals surface area contributed by atoms with Gasteiger partial charge in [-0.05, 0) is 18.1 Å². The largest absolute Gasteiger partial charge is 0.492 e. The molecule has 4 nitrogen and oxygen atoms in total. The minimum Gasteiger partial charge on any atom is -0.492 e. The molecule has 0 bridgehead atoms. The van der Waals surface area contributed by atoms with Gasteiger partial charge in [0.05, 0.1) is 0 Å². The number of aliphatic hydroxyl groups excluding tert-OH is 1. The molecule has 0 unspecified atom stereocenters. The standard InChI is InChI=1S/C14H22N2O2/c17-11-5-13-3-1-2-4-14(13)18-12-10-16-8-6-15-7-9-16/h1-4,15,17H,5-12H2. The maximum absolute atomic E-state index is 9.00. The van der Waals surface area contributed by atoms with E-state index in [1.165, 1.54) is 0 Å². The number of rotatable bonds is 6. The lowest BCUT2D eigenvalue weighted by Crippen LogP contribution is -2.44. The van der Waals surface area contributed by atoms with Crippen molar-refractivity contribution < 1.29 is 9.84 Å². The lowest BCUT2D eigenvalue weighted by molar-refractivity contribution is 0.190. The van der Waals surface area contributed by atoms with Crippen LogP contribution in [0, 0.1) is 0 Å². The molecular formula is C14H22N2O2. The van der Waals surface area contributed by atoms with Crippen molar-refractivity contribution >= 4 is 0 Å². The van der Waals surface area contributed by atoms with Crippen molar-refractivity contribution in [3.8, 4) is 5.75 Å². The molecule has 4 heteroatoms. The van der Waals surface area contributed by atoms with Crippen LogP contribution in [0.15, 0.2) is 24.3 Å². The zero-order valence-electron chi connectivity index (χ0n) is 10.8. The molecule has 1 aliphatic rings. The molecule has 0 amide bonds. The summed E-state index contributed by atoms with van der Waals surface area (Å²) in [5, 5.41) is 12.3. The van der Waals surface area contributed by atoms with Gasteiger partial charge >= 0.3 is 0 Å². The van der Waals surface area contributed by atoms with Gasteiger partial charge < -0.3 is 15.2 Å². The predicted octanol–water partition coefficient (Wildman–Crippen LogP) is 0.505. The van der Waals surface area contributed by atoms with Crippen molar-refractivity contribution in [1.82, 2.24) is 10.2 Å².